The van der Waals surface area contributed by atoms with Gasteiger partial charge in [-0.3, -0.25) is 4.79 Å². The highest BCUT2D eigenvalue weighted by molar-refractivity contribution is 5.94. The van der Waals surface area contributed by atoms with Gasteiger partial charge in [0.15, 0.2) is 5.82 Å². The lowest BCUT2D eigenvalue weighted by Gasteiger charge is -2.17. The van der Waals surface area contributed by atoms with E-state index >= 15 is 0 Å². The highest BCUT2D eigenvalue weighted by Crippen LogP contribution is 2.23. The van der Waals surface area contributed by atoms with Gasteiger partial charge < -0.3 is 14.5 Å². The van der Waals surface area contributed by atoms with Gasteiger partial charge in [0.05, 0.1) is 6.10 Å². The summed E-state index contributed by atoms with van der Waals surface area (Å²) >= 11 is 0. The summed E-state index contributed by atoms with van der Waals surface area (Å²) in [5, 5.41) is 13.4. The number of aliphatic hydroxyl groups excluding tert-OH is 1. The predicted octanol–water partition coefficient (Wildman–Crippen LogP) is 1.89. The Labute approximate surface area is 128 Å². The van der Waals surface area contributed by atoms with Crippen LogP contribution in [0.4, 0.5) is 0 Å². The molecule has 1 saturated heterocycles. The first-order valence-corrected chi connectivity index (χ1v) is 7.42. The van der Waals surface area contributed by atoms with E-state index in [1.807, 2.05) is 12.1 Å². The van der Waals surface area contributed by atoms with Crippen LogP contribution in [-0.4, -0.2) is 45.2 Å². The maximum atomic E-state index is 12.5. The van der Waals surface area contributed by atoms with Crippen LogP contribution in [0.5, 0.6) is 0 Å². The molecule has 2 aromatic rings. The summed E-state index contributed by atoms with van der Waals surface area (Å²) in [5.41, 5.74) is 1.42. The summed E-state index contributed by atoms with van der Waals surface area (Å²) < 4.78 is 5.11. The molecule has 6 heteroatoms. The van der Waals surface area contributed by atoms with Crippen LogP contribution in [0.2, 0.25) is 0 Å². The van der Waals surface area contributed by atoms with E-state index in [0.29, 0.717) is 30.4 Å². The van der Waals surface area contributed by atoms with Crippen molar-refractivity contribution in [2.24, 2.45) is 5.92 Å². The van der Waals surface area contributed by atoms with Gasteiger partial charge in [0.1, 0.15) is 0 Å². The molecule has 0 aliphatic carbocycles. The standard InChI is InChI=1S/C16H19N3O3/c1-10(20)14-7-8-19(9-14)16(21)13-5-3-12(4-6-13)15-17-11(2)18-22-15/h3-6,10,14,20H,7-9H2,1-2H3. The van der Waals surface area contributed by atoms with Gasteiger partial charge >= 0.3 is 0 Å². The fraction of sp³-hybridized carbons (Fsp3) is 0.438. The van der Waals surface area contributed by atoms with E-state index in [1.54, 1.807) is 30.9 Å². The smallest absolute Gasteiger partial charge is 0.257 e. The number of hydrogen-bond acceptors (Lipinski definition) is 5. The summed E-state index contributed by atoms with van der Waals surface area (Å²) in [6, 6.07) is 7.16. The van der Waals surface area contributed by atoms with Crippen molar-refractivity contribution in [3.05, 3.63) is 35.7 Å². The van der Waals surface area contributed by atoms with E-state index in [9.17, 15) is 9.90 Å². The Balaban J connectivity index is 1.72. The number of nitrogens with zero attached hydrogens (tertiary/aromatic N) is 3. The van der Waals surface area contributed by atoms with E-state index in [0.717, 1.165) is 12.0 Å². The Kier molecular flexibility index (Phi) is 3.94. The Morgan fingerprint density at radius 3 is 2.68 bits per heavy atom. The van der Waals surface area contributed by atoms with E-state index in [1.165, 1.54) is 0 Å². The van der Waals surface area contributed by atoms with E-state index in [2.05, 4.69) is 10.1 Å². The zero-order valence-corrected chi connectivity index (χ0v) is 12.7. The Hall–Kier alpha value is -2.21. The molecule has 0 bridgehead atoms. The Morgan fingerprint density at radius 1 is 1.41 bits per heavy atom. The number of aryl methyl sites for hydroxylation is 1. The molecule has 3 rings (SSSR count). The summed E-state index contributed by atoms with van der Waals surface area (Å²) in [7, 11) is 0. The zero-order valence-electron chi connectivity index (χ0n) is 12.7. The van der Waals surface area contributed by atoms with Crippen molar-refractivity contribution < 1.29 is 14.4 Å². The van der Waals surface area contributed by atoms with E-state index in [-0.39, 0.29) is 17.9 Å². The lowest BCUT2D eigenvalue weighted by Crippen LogP contribution is -2.30. The molecule has 1 aliphatic heterocycles. The van der Waals surface area contributed by atoms with Gasteiger partial charge in [-0.05, 0) is 44.5 Å². The quantitative estimate of drug-likeness (QED) is 0.936. The molecule has 1 N–H and O–H groups in total. The molecular weight excluding hydrogens is 282 g/mol. The first-order chi connectivity index (χ1) is 10.5. The molecule has 0 saturated carbocycles. The van der Waals surface area contributed by atoms with Gasteiger partial charge in [-0.15, -0.1) is 0 Å². The largest absolute Gasteiger partial charge is 0.393 e. The van der Waals surface area contributed by atoms with Crippen molar-refractivity contribution in [3.63, 3.8) is 0 Å². The molecule has 1 fully saturated rings. The number of aliphatic hydroxyl groups is 1. The summed E-state index contributed by atoms with van der Waals surface area (Å²) in [4.78, 5) is 18.4. The van der Waals surface area contributed by atoms with Gasteiger partial charge in [0.25, 0.3) is 11.8 Å². The minimum absolute atomic E-state index is 0.00332. The van der Waals surface area contributed by atoms with Crippen LogP contribution in [0.3, 0.4) is 0 Å². The first-order valence-electron chi connectivity index (χ1n) is 7.42. The van der Waals surface area contributed by atoms with Crippen LogP contribution >= 0.6 is 0 Å². The van der Waals surface area contributed by atoms with E-state index < -0.39 is 0 Å². The molecule has 116 valence electrons. The molecule has 1 aliphatic rings. The van der Waals surface area contributed by atoms with Gasteiger partial charge in [-0.1, -0.05) is 5.16 Å². The van der Waals surface area contributed by atoms with Gasteiger partial charge in [0, 0.05) is 30.1 Å². The topological polar surface area (TPSA) is 79.5 Å². The van der Waals surface area contributed by atoms with Gasteiger partial charge in [-0.25, -0.2) is 0 Å². The number of rotatable bonds is 3. The summed E-state index contributed by atoms with van der Waals surface area (Å²) in [5.74, 6) is 1.20. The lowest BCUT2D eigenvalue weighted by molar-refractivity contribution is 0.0762. The van der Waals surface area contributed by atoms with Crippen LogP contribution in [0.15, 0.2) is 28.8 Å². The van der Waals surface area contributed by atoms with Crippen molar-refractivity contribution in [1.29, 1.82) is 0 Å². The molecule has 1 aromatic carbocycles. The van der Waals surface area contributed by atoms with Crippen molar-refractivity contribution >= 4 is 5.91 Å². The second kappa shape index (κ2) is 5.88. The number of carbonyl (C=O) groups excluding carboxylic acids is 1. The highest BCUT2D eigenvalue weighted by Gasteiger charge is 2.29. The lowest BCUT2D eigenvalue weighted by atomic mass is 10.0. The molecule has 1 amide bonds. The average Bonchev–Trinajstić information content (AvgIpc) is 3.16. The van der Waals surface area contributed by atoms with Crippen molar-refractivity contribution in [2.75, 3.05) is 13.1 Å². The van der Waals surface area contributed by atoms with Crippen LogP contribution < -0.4 is 0 Å². The second-order valence-electron chi connectivity index (χ2n) is 5.76. The minimum atomic E-state index is -0.374. The predicted molar refractivity (Wildman–Crippen MR) is 80.2 cm³/mol. The number of aromatic nitrogens is 2. The summed E-state index contributed by atoms with van der Waals surface area (Å²) in [6.45, 7) is 4.84. The molecule has 0 radical (unpaired) electrons. The van der Waals surface area contributed by atoms with Crippen molar-refractivity contribution in [1.82, 2.24) is 15.0 Å². The van der Waals surface area contributed by atoms with Gasteiger partial charge in [-0.2, -0.15) is 4.98 Å². The monoisotopic (exact) mass is 301 g/mol. The number of hydrogen-bond donors (Lipinski definition) is 1. The van der Waals surface area contributed by atoms with Gasteiger partial charge in [0.2, 0.25) is 0 Å². The molecule has 6 nitrogen and oxygen atoms in total. The third kappa shape index (κ3) is 2.87. The number of amides is 1. The average molecular weight is 301 g/mol. The molecule has 2 atom stereocenters. The normalized spacial score (nSPS) is 19.4. The fourth-order valence-electron chi connectivity index (χ4n) is 2.72. The van der Waals surface area contributed by atoms with Crippen molar-refractivity contribution in [3.8, 4) is 11.5 Å². The number of benzene rings is 1. The highest BCUT2D eigenvalue weighted by atomic mass is 16.5. The van der Waals surface area contributed by atoms with Crippen molar-refractivity contribution in [2.45, 2.75) is 26.4 Å². The second-order valence-corrected chi connectivity index (χ2v) is 5.76. The molecule has 2 heterocycles. The molecule has 0 spiro atoms. The van der Waals surface area contributed by atoms with Crippen LogP contribution in [0.25, 0.3) is 11.5 Å². The number of likely N-dealkylation sites (tertiary alicyclic amines) is 1. The first kappa shape index (κ1) is 14.7. The zero-order chi connectivity index (χ0) is 15.7. The molecule has 1 aromatic heterocycles. The van der Waals surface area contributed by atoms with E-state index in [4.69, 9.17) is 4.52 Å². The summed E-state index contributed by atoms with van der Waals surface area (Å²) in [6.07, 6.45) is 0.476. The van der Waals surface area contributed by atoms with Crippen LogP contribution in [0, 0.1) is 12.8 Å². The molecular formula is C16H19N3O3. The number of carbonyl (C=O) groups is 1. The van der Waals surface area contributed by atoms with Crippen LogP contribution in [0.1, 0.15) is 29.5 Å². The maximum Gasteiger partial charge on any atom is 0.257 e. The Bertz CT molecular complexity index is 664. The third-order valence-electron chi connectivity index (χ3n) is 4.10. The fourth-order valence-corrected chi connectivity index (χ4v) is 2.72. The maximum absolute atomic E-state index is 12.5. The third-order valence-corrected chi connectivity index (χ3v) is 4.10. The Morgan fingerprint density at radius 2 is 2.14 bits per heavy atom. The molecule has 22 heavy (non-hydrogen) atoms. The molecule has 2 unspecified atom stereocenters. The van der Waals surface area contributed by atoms with Crippen LogP contribution in [-0.2, 0) is 0 Å². The minimum Gasteiger partial charge on any atom is -0.393 e. The SMILES string of the molecule is Cc1noc(-c2ccc(C(=O)N3CCC(C(C)O)C3)cc2)n1.